The van der Waals surface area contributed by atoms with E-state index in [0.717, 1.165) is 5.39 Å². The second-order valence-electron chi connectivity index (χ2n) is 4.70. The molecule has 0 saturated carbocycles. The second-order valence-corrected chi connectivity index (χ2v) is 5.69. The van der Waals surface area contributed by atoms with E-state index in [1.807, 2.05) is 0 Å². The Morgan fingerprint density at radius 3 is 2.95 bits per heavy atom. The molecule has 1 unspecified atom stereocenters. The Balaban J connectivity index is 1.81. The number of benzene rings is 1. The van der Waals surface area contributed by atoms with Crippen molar-refractivity contribution in [3.05, 3.63) is 41.3 Å². The van der Waals surface area contributed by atoms with Crippen molar-refractivity contribution in [2.45, 2.75) is 13.1 Å². The van der Waals surface area contributed by atoms with E-state index >= 15 is 0 Å². The molecule has 0 aliphatic rings. The van der Waals surface area contributed by atoms with Crippen LogP contribution in [-0.2, 0) is 0 Å². The minimum atomic E-state index is -1.12. The van der Waals surface area contributed by atoms with E-state index in [9.17, 15) is 8.78 Å². The van der Waals surface area contributed by atoms with Crippen molar-refractivity contribution in [2.24, 2.45) is 0 Å². The third kappa shape index (κ3) is 2.01. The van der Waals surface area contributed by atoms with Crippen molar-refractivity contribution in [3.8, 4) is 11.5 Å². The van der Waals surface area contributed by atoms with Crippen LogP contribution in [0.4, 0.5) is 8.78 Å². The molecule has 0 spiro atoms. The molecular weight excluding hydrogens is 296 g/mol. The number of rotatable bonds is 2. The standard InChI is InChI=1S/C14H9F2N3OS/c1-7(15)13-18-19-6-10(17-14(19)21-13)12-4-8-2-3-9(16)5-11(8)20-12/h2-7H,1H3. The first kappa shape index (κ1) is 12.5. The predicted molar refractivity (Wildman–Crippen MR) is 75.6 cm³/mol. The highest BCUT2D eigenvalue weighted by Crippen LogP contribution is 2.30. The van der Waals surface area contributed by atoms with Gasteiger partial charge in [0.05, 0.1) is 6.20 Å². The van der Waals surface area contributed by atoms with Crippen molar-refractivity contribution in [1.29, 1.82) is 0 Å². The van der Waals surface area contributed by atoms with Crippen molar-refractivity contribution in [2.75, 3.05) is 0 Å². The molecule has 0 amide bonds. The van der Waals surface area contributed by atoms with E-state index in [1.54, 1.807) is 18.3 Å². The van der Waals surface area contributed by atoms with Crippen LogP contribution in [0.15, 0.2) is 34.9 Å². The third-order valence-corrected chi connectivity index (χ3v) is 4.21. The Kier molecular flexibility index (Phi) is 2.58. The predicted octanol–water partition coefficient (Wildman–Crippen LogP) is 4.37. The van der Waals surface area contributed by atoms with Crippen LogP contribution in [0.3, 0.4) is 0 Å². The van der Waals surface area contributed by atoms with Gasteiger partial charge in [0, 0.05) is 11.5 Å². The molecule has 3 aromatic heterocycles. The third-order valence-electron chi connectivity index (χ3n) is 3.13. The number of aromatic nitrogens is 3. The smallest absolute Gasteiger partial charge is 0.212 e. The average Bonchev–Trinajstić information content (AvgIpc) is 3.08. The van der Waals surface area contributed by atoms with Gasteiger partial charge in [-0.05, 0) is 25.1 Å². The van der Waals surface area contributed by atoms with Gasteiger partial charge in [0.1, 0.15) is 17.1 Å². The molecule has 0 radical (unpaired) electrons. The quantitative estimate of drug-likeness (QED) is 0.552. The van der Waals surface area contributed by atoms with E-state index in [4.69, 9.17) is 4.42 Å². The summed E-state index contributed by atoms with van der Waals surface area (Å²) in [6, 6.07) is 6.15. The van der Waals surface area contributed by atoms with Crippen LogP contribution in [0.5, 0.6) is 0 Å². The lowest BCUT2D eigenvalue weighted by Crippen LogP contribution is -1.86. The first-order chi connectivity index (χ1) is 10.1. The number of nitrogens with zero attached hydrogens (tertiary/aromatic N) is 3. The van der Waals surface area contributed by atoms with Crippen LogP contribution in [0.2, 0.25) is 0 Å². The van der Waals surface area contributed by atoms with E-state index in [0.29, 0.717) is 27.0 Å². The molecule has 0 bridgehead atoms. The van der Waals surface area contributed by atoms with Crippen LogP contribution in [0.25, 0.3) is 27.4 Å². The second kappa shape index (κ2) is 4.36. The molecule has 1 atom stereocenters. The fourth-order valence-corrected chi connectivity index (χ4v) is 2.94. The normalized spacial score (nSPS) is 13.3. The number of hydrogen-bond donors (Lipinski definition) is 0. The van der Waals surface area contributed by atoms with E-state index in [2.05, 4.69) is 10.1 Å². The Hall–Kier alpha value is -2.28. The van der Waals surface area contributed by atoms with E-state index in [1.165, 1.54) is 34.9 Å². The highest BCUT2D eigenvalue weighted by Gasteiger charge is 2.15. The van der Waals surface area contributed by atoms with Crippen molar-refractivity contribution in [1.82, 2.24) is 14.6 Å². The minimum absolute atomic E-state index is 0.350. The maximum atomic E-state index is 13.2. The Labute approximate surface area is 121 Å². The van der Waals surface area contributed by atoms with Gasteiger partial charge in [-0.1, -0.05) is 11.3 Å². The molecule has 0 saturated heterocycles. The van der Waals surface area contributed by atoms with Crippen LogP contribution < -0.4 is 0 Å². The first-order valence-corrected chi connectivity index (χ1v) is 7.11. The minimum Gasteiger partial charge on any atom is -0.454 e. The Morgan fingerprint density at radius 2 is 2.19 bits per heavy atom. The highest BCUT2D eigenvalue weighted by molar-refractivity contribution is 7.16. The molecule has 4 aromatic rings. The molecule has 3 heterocycles. The summed E-state index contributed by atoms with van der Waals surface area (Å²) in [7, 11) is 0. The summed E-state index contributed by atoms with van der Waals surface area (Å²) in [4.78, 5) is 4.96. The fourth-order valence-electron chi connectivity index (χ4n) is 2.13. The summed E-state index contributed by atoms with van der Waals surface area (Å²) in [5, 5.41) is 5.31. The maximum Gasteiger partial charge on any atom is 0.212 e. The van der Waals surface area contributed by atoms with Gasteiger partial charge in [0.15, 0.2) is 16.9 Å². The van der Waals surface area contributed by atoms with Gasteiger partial charge in [0.2, 0.25) is 4.96 Å². The highest BCUT2D eigenvalue weighted by atomic mass is 32.1. The number of fused-ring (bicyclic) bond motifs is 2. The van der Waals surface area contributed by atoms with Crippen LogP contribution in [-0.4, -0.2) is 14.6 Å². The zero-order valence-electron chi connectivity index (χ0n) is 10.9. The monoisotopic (exact) mass is 305 g/mol. The zero-order valence-corrected chi connectivity index (χ0v) is 11.7. The number of furan rings is 1. The molecule has 0 fully saturated rings. The molecule has 21 heavy (non-hydrogen) atoms. The van der Waals surface area contributed by atoms with Gasteiger partial charge in [-0.2, -0.15) is 5.10 Å². The Morgan fingerprint density at radius 1 is 1.33 bits per heavy atom. The summed E-state index contributed by atoms with van der Waals surface area (Å²) in [6.45, 7) is 1.44. The summed E-state index contributed by atoms with van der Waals surface area (Å²) >= 11 is 1.19. The van der Waals surface area contributed by atoms with Crippen LogP contribution in [0, 0.1) is 5.82 Å². The number of hydrogen-bond acceptors (Lipinski definition) is 4. The topological polar surface area (TPSA) is 43.3 Å². The molecule has 4 nitrogen and oxygen atoms in total. The maximum absolute atomic E-state index is 13.2. The molecule has 0 aliphatic heterocycles. The largest absolute Gasteiger partial charge is 0.454 e. The van der Waals surface area contributed by atoms with E-state index in [-0.39, 0.29) is 5.82 Å². The zero-order chi connectivity index (χ0) is 14.6. The first-order valence-electron chi connectivity index (χ1n) is 6.30. The number of imidazole rings is 1. The van der Waals surface area contributed by atoms with Crippen LogP contribution in [0.1, 0.15) is 18.1 Å². The van der Waals surface area contributed by atoms with Crippen LogP contribution >= 0.6 is 11.3 Å². The van der Waals surface area contributed by atoms with Gasteiger partial charge in [-0.15, -0.1) is 0 Å². The van der Waals surface area contributed by atoms with Crippen molar-refractivity contribution < 1.29 is 13.2 Å². The molecule has 1 aromatic carbocycles. The number of halogens is 2. The van der Waals surface area contributed by atoms with E-state index < -0.39 is 6.17 Å². The van der Waals surface area contributed by atoms with Crippen molar-refractivity contribution >= 4 is 27.3 Å². The van der Waals surface area contributed by atoms with Gasteiger partial charge < -0.3 is 4.42 Å². The summed E-state index contributed by atoms with van der Waals surface area (Å²) < 4.78 is 33.5. The van der Waals surface area contributed by atoms with Gasteiger partial charge in [0.25, 0.3) is 0 Å². The summed E-state index contributed by atoms with van der Waals surface area (Å²) in [5.74, 6) is 0.181. The lowest BCUT2D eigenvalue weighted by molar-refractivity contribution is 0.370. The molecule has 0 N–H and O–H groups in total. The lowest BCUT2D eigenvalue weighted by atomic mass is 10.2. The van der Waals surface area contributed by atoms with Gasteiger partial charge >= 0.3 is 0 Å². The molecular formula is C14H9F2N3OS. The fraction of sp³-hybridized carbons (Fsp3) is 0.143. The van der Waals surface area contributed by atoms with Gasteiger partial charge in [-0.3, -0.25) is 0 Å². The summed E-state index contributed by atoms with van der Waals surface area (Å²) in [6.07, 6.45) is 0.556. The SMILES string of the molecule is CC(F)c1nn2cc(-c3cc4ccc(F)cc4o3)nc2s1. The number of alkyl halides is 1. The molecule has 7 heteroatoms. The molecule has 0 aliphatic carbocycles. The average molecular weight is 305 g/mol. The van der Waals surface area contributed by atoms with Crippen molar-refractivity contribution in [3.63, 3.8) is 0 Å². The molecule has 106 valence electrons. The molecule has 4 rings (SSSR count). The summed E-state index contributed by atoms with van der Waals surface area (Å²) in [5.41, 5.74) is 1.05. The Bertz CT molecular complexity index is 922. The lowest BCUT2D eigenvalue weighted by Gasteiger charge is -1.91. The van der Waals surface area contributed by atoms with Gasteiger partial charge in [-0.25, -0.2) is 18.3 Å².